The van der Waals surface area contributed by atoms with Crippen LogP contribution in [0.4, 0.5) is 5.82 Å². The van der Waals surface area contributed by atoms with Crippen LogP contribution in [0.1, 0.15) is 38.4 Å². The number of benzene rings is 2. The molecule has 0 unspecified atom stereocenters. The molecule has 4 heteroatoms. The van der Waals surface area contributed by atoms with Crippen LogP contribution >= 0.6 is 0 Å². The van der Waals surface area contributed by atoms with E-state index in [2.05, 4.69) is 23.2 Å². The lowest BCUT2D eigenvalue weighted by Gasteiger charge is -2.21. The molecule has 0 spiro atoms. The number of carbonyl (C=O) groups is 1. The van der Waals surface area contributed by atoms with Gasteiger partial charge in [0.05, 0.1) is 6.54 Å². The van der Waals surface area contributed by atoms with Crippen molar-refractivity contribution in [3.63, 3.8) is 0 Å². The minimum Gasteiger partial charge on any atom is -0.450 e. The number of aromatic nitrogens is 1. The minimum atomic E-state index is -0.185. The fourth-order valence-corrected chi connectivity index (χ4v) is 3.49. The van der Waals surface area contributed by atoms with E-state index in [1.807, 2.05) is 64.1 Å². The quantitative estimate of drug-likeness (QED) is 0.439. The molecule has 2 heterocycles. The van der Waals surface area contributed by atoms with E-state index in [-0.39, 0.29) is 5.91 Å². The van der Waals surface area contributed by atoms with E-state index in [1.54, 1.807) is 11.1 Å². The van der Waals surface area contributed by atoms with Gasteiger partial charge in [0.1, 0.15) is 11.4 Å². The van der Waals surface area contributed by atoms with E-state index < -0.39 is 0 Å². The fourth-order valence-electron chi connectivity index (χ4n) is 3.49. The second-order valence-electron chi connectivity index (χ2n) is 7.51. The van der Waals surface area contributed by atoms with Gasteiger partial charge in [-0.15, -0.1) is 0 Å². The zero-order valence-corrected chi connectivity index (χ0v) is 17.2. The van der Waals surface area contributed by atoms with Gasteiger partial charge < -0.3 is 4.42 Å². The number of rotatable bonds is 4. The second kappa shape index (κ2) is 7.55. The summed E-state index contributed by atoms with van der Waals surface area (Å²) < 4.78 is 6.11. The van der Waals surface area contributed by atoms with Gasteiger partial charge in [-0.05, 0) is 56.5 Å². The van der Waals surface area contributed by atoms with E-state index in [9.17, 15) is 4.79 Å². The maximum Gasteiger partial charge on any atom is 0.295 e. The van der Waals surface area contributed by atoms with Gasteiger partial charge >= 0.3 is 0 Å². The van der Waals surface area contributed by atoms with Crippen LogP contribution in [-0.4, -0.2) is 10.9 Å². The number of pyridine rings is 1. The Morgan fingerprint density at radius 1 is 0.931 bits per heavy atom. The molecule has 0 fully saturated rings. The van der Waals surface area contributed by atoms with E-state index >= 15 is 0 Å². The van der Waals surface area contributed by atoms with Gasteiger partial charge in [-0.1, -0.05) is 48.0 Å². The van der Waals surface area contributed by atoms with Gasteiger partial charge in [0.15, 0.2) is 5.76 Å². The third-order valence-corrected chi connectivity index (χ3v) is 5.45. The van der Waals surface area contributed by atoms with Gasteiger partial charge in [0.25, 0.3) is 5.91 Å². The Kier molecular flexibility index (Phi) is 4.93. The number of furan rings is 1. The van der Waals surface area contributed by atoms with Gasteiger partial charge in [-0.3, -0.25) is 9.69 Å². The Hall–Kier alpha value is -3.40. The number of nitrogens with zero attached hydrogens (tertiary/aromatic N) is 2. The average molecular weight is 384 g/mol. The molecular weight excluding hydrogens is 360 g/mol. The molecule has 0 saturated carbocycles. The molecule has 0 saturated heterocycles. The summed E-state index contributed by atoms with van der Waals surface area (Å²) in [6.07, 6.45) is 1.70. The maximum atomic E-state index is 13.6. The Morgan fingerprint density at radius 2 is 1.69 bits per heavy atom. The van der Waals surface area contributed by atoms with Crippen molar-refractivity contribution in [2.75, 3.05) is 4.90 Å². The minimum absolute atomic E-state index is 0.185. The van der Waals surface area contributed by atoms with Crippen LogP contribution in [0.3, 0.4) is 0 Å². The summed E-state index contributed by atoms with van der Waals surface area (Å²) in [7, 11) is 0. The molecule has 0 atom stereocenters. The summed E-state index contributed by atoms with van der Waals surface area (Å²) in [6, 6.07) is 17.8. The summed E-state index contributed by atoms with van der Waals surface area (Å²) in [5, 5.41) is 0.979. The first kappa shape index (κ1) is 18.9. The molecule has 2 aromatic heterocycles. The van der Waals surface area contributed by atoms with Crippen molar-refractivity contribution >= 4 is 22.7 Å². The molecule has 0 aliphatic heterocycles. The van der Waals surface area contributed by atoms with E-state index in [0.717, 1.165) is 33.2 Å². The van der Waals surface area contributed by atoms with Crippen molar-refractivity contribution in [3.05, 3.63) is 94.4 Å². The first-order valence-corrected chi connectivity index (χ1v) is 9.73. The van der Waals surface area contributed by atoms with E-state index in [4.69, 9.17) is 4.42 Å². The highest BCUT2D eigenvalue weighted by atomic mass is 16.3. The Bertz CT molecular complexity index is 1180. The lowest BCUT2D eigenvalue weighted by molar-refractivity contribution is 0.0959. The third-order valence-electron chi connectivity index (χ3n) is 5.45. The molecule has 0 N–H and O–H groups in total. The normalized spacial score (nSPS) is 11.0. The average Bonchev–Trinajstić information content (AvgIpc) is 3.07. The third kappa shape index (κ3) is 3.54. The van der Waals surface area contributed by atoms with Gasteiger partial charge in [0, 0.05) is 17.1 Å². The van der Waals surface area contributed by atoms with Crippen molar-refractivity contribution in [1.82, 2.24) is 4.98 Å². The first-order chi connectivity index (χ1) is 14.0. The van der Waals surface area contributed by atoms with Crippen LogP contribution in [0.2, 0.25) is 0 Å². The van der Waals surface area contributed by atoms with Crippen molar-refractivity contribution < 1.29 is 9.21 Å². The summed E-state index contributed by atoms with van der Waals surface area (Å²) >= 11 is 0. The zero-order chi connectivity index (χ0) is 20.5. The molecule has 4 rings (SSSR count). The molecule has 4 nitrogen and oxygen atoms in total. The first-order valence-electron chi connectivity index (χ1n) is 9.73. The van der Waals surface area contributed by atoms with Crippen molar-refractivity contribution in [1.29, 1.82) is 0 Å². The highest BCUT2D eigenvalue weighted by molar-refractivity contribution is 6.07. The molecule has 0 aliphatic carbocycles. The summed E-state index contributed by atoms with van der Waals surface area (Å²) in [4.78, 5) is 19.7. The number of hydrogen-bond acceptors (Lipinski definition) is 3. The van der Waals surface area contributed by atoms with Crippen LogP contribution in [0, 0.1) is 27.7 Å². The molecule has 0 aliphatic rings. The zero-order valence-electron chi connectivity index (χ0n) is 17.2. The molecule has 1 amide bonds. The molecule has 146 valence electrons. The molecule has 0 bridgehead atoms. The number of aryl methyl sites for hydroxylation is 4. The van der Waals surface area contributed by atoms with Gasteiger partial charge in [0.2, 0.25) is 0 Å². The summed E-state index contributed by atoms with van der Waals surface area (Å²) in [5.74, 6) is 0.785. The number of carbonyl (C=O) groups excluding carboxylic acids is 1. The second-order valence-corrected chi connectivity index (χ2v) is 7.51. The number of fused-ring (bicyclic) bond motifs is 1. The van der Waals surface area contributed by atoms with Gasteiger partial charge in [-0.25, -0.2) is 4.98 Å². The number of hydrogen-bond donors (Lipinski definition) is 0. The predicted octanol–water partition coefficient (Wildman–Crippen LogP) is 5.91. The molecule has 0 radical (unpaired) electrons. The van der Waals surface area contributed by atoms with Crippen molar-refractivity contribution in [2.24, 2.45) is 0 Å². The fraction of sp³-hybridized carbons (Fsp3) is 0.200. The summed E-state index contributed by atoms with van der Waals surface area (Å²) in [6.45, 7) is 8.48. The number of anilines is 1. The van der Waals surface area contributed by atoms with Crippen LogP contribution in [-0.2, 0) is 6.54 Å². The Labute approximate surface area is 170 Å². The van der Waals surface area contributed by atoms with Crippen molar-refractivity contribution in [2.45, 2.75) is 34.2 Å². The lowest BCUT2D eigenvalue weighted by atomic mass is 10.0. The van der Waals surface area contributed by atoms with Crippen LogP contribution < -0.4 is 4.90 Å². The smallest absolute Gasteiger partial charge is 0.295 e. The Morgan fingerprint density at radius 3 is 2.38 bits per heavy atom. The highest BCUT2D eigenvalue weighted by Crippen LogP contribution is 2.31. The topological polar surface area (TPSA) is 46.3 Å². The molecular formula is C25H24N2O2. The van der Waals surface area contributed by atoms with Crippen LogP contribution in [0.15, 0.2) is 65.2 Å². The van der Waals surface area contributed by atoms with Crippen LogP contribution in [0.25, 0.3) is 11.0 Å². The molecule has 29 heavy (non-hydrogen) atoms. The Balaban J connectivity index is 1.79. The maximum absolute atomic E-state index is 13.6. The van der Waals surface area contributed by atoms with Crippen molar-refractivity contribution in [3.8, 4) is 0 Å². The SMILES string of the molecule is Cc1ccc(CN(C(=O)c2oc3c(C)c(C)ccc3c2C)c2ccccn2)cc1. The largest absolute Gasteiger partial charge is 0.450 e. The van der Waals surface area contributed by atoms with Gasteiger partial charge in [-0.2, -0.15) is 0 Å². The lowest BCUT2D eigenvalue weighted by Crippen LogP contribution is -2.31. The monoisotopic (exact) mass is 384 g/mol. The predicted molar refractivity (Wildman–Crippen MR) is 116 cm³/mol. The molecule has 2 aromatic carbocycles. The van der Waals surface area contributed by atoms with E-state index in [0.29, 0.717) is 18.1 Å². The highest BCUT2D eigenvalue weighted by Gasteiger charge is 2.26. The van der Waals surface area contributed by atoms with Crippen LogP contribution in [0.5, 0.6) is 0 Å². The van der Waals surface area contributed by atoms with E-state index in [1.165, 1.54) is 5.56 Å². The summed E-state index contributed by atoms with van der Waals surface area (Å²) in [5.41, 5.74) is 6.07. The number of amides is 1. The molecule has 4 aromatic rings. The standard InChI is InChI=1S/C25H24N2O2/c1-16-8-11-20(12-9-16)15-27(22-7-5-6-14-26-22)25(28)24-19(4)21-13-10-17(2)18(3)23(21)29-24/h5-14H,15H2,1-4H3.